The molecular weight excluding hydrogens is 508 g/mol. The van der Waals surface area contributed by atoms with Crippen LogP contribution >= 0.6 is 23.1 Å². The lowest BCUT2D eigenvalue weighted by Crippen LogP contribution is -2.48. The van der Waals surface area contributed by atoms with Crippen molar-refractivity contribution in [1.82, 2.24) is 19.8 Å². The lowest BCUT2D eigenvalue weighted by atomic mass is 10.3. The van der Waals surface area contributed by atoms with E-state index < -0.39 is 0 Å². The monoisotopic (exact) mass is 550 g/mol. The zero-order valence-corrected chi connectivity index (χ0v) is 25.0. The van der Waals surface area contributed by atoms with Crippen LogP contribution in [-0.4, -0.2) is 78.2 Å². The van der Waals surface area contributed by atoms with E-state index in [-0.39, 0.29) is 6.09 Å². The largest absolute Gasteiger partial charge is 0.453 e. The Kier molecular flexibility index (Phi) is 18.6. The number of anilines is 1. The van der Waals surface area contributed by atoms with Gasteiger partial charge in [0, 0.05) is 32.4 Å². The number of thioether (sulfide) groups is 1. The van der Waals surface area contributed by atoms with Gasteiger partial charge in [0.25, 0.3) is 0 Å². The summed E-state index contributed by atoms with van der Waals surface area (Å²) in [5.74, 6) is 1.60. The van der Waals surface area contributed by atoms with E-state index in [0.29, 0.717) is 26.2 Å². The number of hydrogen-bond donors (Lipinski definition) is 1. The molecule has 1 N–H and O–H groups in total. The molecule has 2 aromatic rings. The fourth-order valence-corrected chi connectivity index (χ4v) is 4.52. The zero-order chi connectivity index (χ0) is 28.2. The van der Waals surface area contributed by atoms with E-state index in [9.17, 15) is 9.59 Å². The minimum atomic E-state index is -0.319. The second kappa shape index (κ2) is 20.2. The molecule has 3 rings (SSSR count). The highest BCUT2D eigenvalue weighted by Crippen LogP contribution is 2.28. The average Bonchev–Trinajstić information content (AvgIpc) is 3.29. The van der Waals surface area contributed by atoms with Crippen LogP contribution in [0.5, 0.6) is 0 Å². The number of carbonyl (C=O) groups is 2. The fourth-order valence-electron chi connectivity index (χ4n) is 2.88. The smallest absolute Gasteiger partial charge is 0.409 e. The number of carbonyl (C=O) groups excluding carboxylic acids is 2. The van der Waals surface area contributed by atoms with E-state index in [1.54, 1.807) is 32.9 Å². The molecule has 0 atom stereocenters. The molecule has 206 valence electrons. The van der Waals surface area contributed by atoms with E-state index in [1.807, 2.05) is 72.2 Å². The molecule has 0 aliphatic carbocycles. The number of hydrogen-bond acceptors (Lipinski definition) is 9. The van der Waals surface area contributed by atoms with Crippen molar-refractivity contribution >= 4 is 53.8 Å². The second-order valence-electron chi connectivity index (χ2n) is 7.12. The van der Waals surface area contributed by atoms with Crippen molar-refractivity contribution in [3.05, 3.63) is 44.9 Å². The number of ether oxygens (including phenoxy) is 1. The minimum Gasteiger partial charge on any atom is -0.453 e. The van der Waals surface area contributed by atoms with Crippen LogP contribution in [0.1, 0.15) is 48.8 Å². The number of nitrogens with zero attached hydrogens (tertiary/aromatic N) is 5. The van der Waals surface area contributed by atoms with Gasteiger partial charge in [0.2, 0.25) is 6.41 Å². The Morgan fingerprint density at radius 2 is 1.84 bits per heavy atom. The summed E-state index contributed by atoms with van der Waals surface area (Å²) in [6.07, 6.45) is 2.33. The number of aromatic nitrogens is 2. The highest BCUT2D eigenvalue weighted by Gasteiger charge is 2.19. The van der Waals surface area contributed by atoms with Gasteiger partial charge in [-0.3, -0.25) is 9.79 Å². The van der Waals surface area contributed by atoms with Crippen molar-refractivity contribution < 1.29 is 14.3 Å². The van der Waals surface area contributed by atoms with Crippen molar-refractivity contribution in [2.75, 3.05) is 44.5 Å². The first-order chi connectivity index (χ1) is 17.9. The van der Waals surface area contributed by atoms with Gasteiger partial charge in [-0.1, -0.05) is 33.8 Å². The molecule has 1 aliphatic rings. The van der Waals surface area contributed by atoms with Crippen molar-refractivity contribution in [2.45, 2.75) is 48.5 Å². The first-order valence-corrected chi connectivity index (χ1v) is 14.2. The van der Waals surface area contributed by atoms with E-state index in [0.717, 1.165) is 44.9 Å². The highest BCUT2D eigenvalue weighted by atomic mass is 32.2. The summed E-state index contributed by atoms with van der Waals surface area (Å²) >= 11 is 3.27. The van der Waals surface area contributed by atoms with E-state index in [4.69, 9.17) is 0 Å². The Morgan fingerprint density at radius 3 is 2.30 bits per heavy atom. The molecule has 2 aromatic heterocycles. The summed E-state index contributed by atoms with van der Waals surface area (Å²) in [5, 5.41) is 6.31. The molecule has 0 aromatic carbocycles. The van der Waals surface area contributed by atoms with Crippen LogP contribution in [0.2, 0.25) is 0 Å². The quantitative estimate of drug-likeness (QED) is 0.200. The number of aliphatic imine (C=N–C) groups is 1. The Hall–Kier alpha value is -2.92. The molecule has 0 bridgehead atoms. The molecule has 37 heavy (non-hydrogen) atoms. The molecular formula is C26H42N6O3S2. The maximum atomic E-state index is 11.0. The average molecular weight is 551 g/mol. The third-order valence-corrected chi connectivity index (χ3v) is 6.44. The van der Waals surface area contributed by atoms with Gasteiger partial charge in [-0.05, 0) is 44.5 Å². The number of rotatable bonds is 7. The molecule has 3 heterocycles. The van der Waals surface area contributed by atoms with Crippen LogP contribution in [0, 0.1) is 20.8 Å². The van der Waals surface area contributed by atoms with E-state index in [1.165, 1.54) is 7.11 Å². The number of methoxy groups -OCH3 is 1. The van der Waals surface area contributed by atoms with Crippen LogP contribution in [0.25, 0.3) is 5.70 Å². The van der Waals surface area contributed by atoms with Crippen molar-refractivity contribution in [2.24, 2.45) is 4.99 Å². The Bertz CT molecular complexity index is 956. The van der Waals surface area contributed by atoms with Gasteiger partial charge in [0.15, 0.2) is 0 Å². The lowest BCUT2D eigenvalue weighted by Gasteiger charge is -2.31. The molecule has 1 saturated heterocycles. The summed E-state index contributed by atoms with van der Waals surface area (Å²) in [4.78, 5) is 38.4. The summed E-state index contributed by atoms with van der Waals surface area (Å²) in [5.41, 5.74) is 3.04. The number of piperazine rings is 1. The molecule has 1 aliphatic heterocycles. The van der Waals surface area contributed by atoms with Gasteiger partial charge in [-0.15, -0.1) is 23.1 Å². The number of aryl methyl sites for hydroxylation is 3. The third kappa shape index (κ3) is 12.7. The molecule has 0 unspecified atom stereocenters. The van der Waals surface area contributed by atoms with Crippen LogP contribution < -0.4 is 5.32 Å². The Balaban J connectivity index is 0.000000688. The van der Waals surface area contributed by atoms with Crippen LogP contribution in [-0.2, 0) is 9.53 Å². The molecule has 11 heteroatoms. The Labute approximate surface area is 230 Å². The summed E-state index contributed by atoms with van der Waals surface area (Å²) in [7, 11) is 1.36. The highest BCUT2D eigenvalue weighted by molar-refractivity contribution is 8.02. The van der Waals surface area contributed by atoms with E-state index in [2.05, 4.69) is 31.7 Å². The maximum Gasteiger partial charge on any atom is 0.409 e. The van der Waals surface area contributed by atoms with Gasteiger partial charge >= 0.3 is 6.09 Å². The van der Waals surface area contributed by atoms with Crippen molar-refractivity contribution in [3.63, 3.8) is 0 Å². The minimum absolute atomic E-state index is 0.319. The van der Waals surface area contributed by atoms with Crippen LogP contribution in [0.4, 0.5) is 10.6 Å². The predicted molar refractivity (Wildman–Crippen MR) is 158 cm³/mol. The molecule has 0 radical (unpaired) electrons. The number of nitrogens with one attached hydrogen (secondary N) is 1. The molecule has 1 fully saturated rings. The SMILES string of the molecule is C=N/C(=C\SCNc1ccc(C)cn1)c1sc(C)nc1C.CC.CC.COC(=O)N1CCN(C=O)CC1. The summed E-state index contributed by atoms with van der Waals surface area (Å²) in [6, 6.07) is 4.01. The number of pyridine rings is 1. The standard InChI is InChI=1S/C15H18N4S2.C7H12N2O3.2C2H6/c1-10-5-6-14(17-7-10)18-9-20-8-13(16-4)15-11(2)19-12(3)21-15;1-12-7(11)9-4-2-8(6-10)3-5-9;2*1-2/h5-8H,4,9H2,1-3H3,(H,17,18);6H,2-5H2,1H3;2*1-2H3/b13-8-;;;. The number of amides is 2. The van der Waals surface area contributed by atoms with E-state index >= 15 is 0 Å². The maximum absolute atomic E-state index is 11.0. The third-order valence-electron chi connectivity index (χ3n) is 4.65. The first kappa shape index (κ1) is 34.1. The first-order valence-electron chi connectivity index (χ1n) is 12.3. The molecule has 9 nitrogen and oxygen atoms in total. The van der Waals surface area contributed by atoms with Crippen LogP contribution in [0.3, 0.4) is 0 Å². The van der Waals surface area contributed by atoms with Gasteiger partial charge in [0.1, 0.15) is 5.82 Å². The summed E-state index contributed by atoms with van der Waals surface area (Å²) < 4.78 is 4.54. The summed E-state index contributed by atoms with van der Waals surface area (Å²) in [6.45, 7) is 20.0. The van der Waals surface area contributed by atoms with Crippen LogP contribution in [0.15, 0.2) is 28.7 Å². The van der Waals surface area contributed by atoms with Crippen molar-refractivity contribution in [3.8, 4) is 0 Å². The van der Waals surface area contributed by atoms with Gasteiger partial charge in [-0.2, -0.15) is 0 Å². The normalized spacial score (nSPS) is 12.5. The van der Waals surface area contributed by atoms with Crippen molar-refractivity contribution in [1.29, 1.82) is 0 Å². The molecule has 0 spiro atoms. The fraction of sp³-hybridized carbons (Fsp3) is 0.500. The second-order valence-corrected chi connectivity index (χ2v) is 9.18. The van der Waals surface area contributed by atoms with Gasteiger partial charge < -0.3 is 19.9 Å². The molecule has 2 amide bonds. The Morgan fingerprint density at radius 1 is 1.19 bits per heavy atom. The zero-order valence-electron chi connectivity index (χ0n) is 23.4. The number of thiazole rings is 1. The molecule has 0 saturated carbocycles. The topological polar surface area (TPSA) is 100 Å². The van der Waals surface area contributed by atoms with Gasteiger partial charge in [-0.25, -0.2) is 14.8 Å². The van der Waals surface area contributed by atoms with Gasteiger partial charge in [0.05, 0.1) is 34.3 Å². The lowest BCUT2D eigenvalue weighted by molar-refractivity contribution is -0.119. The predicted octanol–water partition coefficient (Wildman–Crippen LogP) is 5.84.